The van der Waals surface area contributed by atoms with Crippen LogP contribution in [0.4, 0.5) is 5.69 Å². The molecule has 1 fully saturated rings. The SMILES string of the molecule is Cc1cccc(C(=O)NC(=S)N(C)c2ccccc2C(=O)NC2CCCCC2)c1. The van der Waals surface area contributed by atoms with E-state index in [1.807, 2.05) is 43.3 Å². The zero-order valence-corrected chi connectivity index (χ0v) is 17.7. The summed E-state index contributed by atoms with van der Waals surface area (Å²) in [6.45, 7) is 1.93. The lowest BCUT2D eigenvalue weighted by molar-refractivity contribution is 0.0927. The van der Waals surface area contributed by atoms with Gasteiger partial charge in [0, 0.05) is 18.7 Å². The monoisotopic (exact) mass is 409 g/mol. The maximum atomic E-state index is 12.9. The van der Waals surface area contributed by atoms with Crippen molar-refractivity contribution in [3.05, 3.63) is 65.2 Å². The molecule has 6 heteroatoms. The second-order valence-electron chi connectivity index (χ2n) is 7.51. The van der Waals surface area contributed by atoms with Gasteiger partial charge in [-0.05, 0) is 56.2 Å². The van der Waals surface area contributed by atoms with Gasteiger partial charge in [0.25, 0.3) is 11.8 Å². The first kappa shape index (κ1) is 21.0. The molecule has 2 amide bonds. The highest BCUT2D eigenvalue weighted by Crippen LogP contribution is 2.22. The van der Waals surface area contributed by atoms with E-state index in [-0.39, 0.29) is 23.0 Å². The largest absolute Gasteiger partial charge is 0.349 e. The Labute approximate surface area is 177 Å². The number of thiocarbonyl (C=S) groups is 1. The Morgan fingerprint density at radius 2 is 1.72 bits per heavy atom. The van der Waals surface area contributed by atoms with Crippen LogP contribution < -0.4 is 15.5 Å². The number of hydrogen-bond acceptors (Lipinski definition) is 3. The van der Waals surface area contributed by atoms with Crippen LogP contribution in [0.1, 0.15) is 58.4 Å². The summed E-state index contributed by atoms with van der Waals surface area (Å²) < 4.78 is 0. The van der Waals surface area contributed by atoms with Gasteiger partial charge >= 0.3 is 0 Å². The highest BCUT2D eigenvalue weighted by atomic mass is 32.1. The van der Waals surface area contributed by atoms with Crippen LogP contribution in [0.5, 0.6) is 0 Å². The molecule has 2 aromatic rings. The Morgan fingerprint density at radius 1 is 1.00 bits per heavy atom. The van der Waals surface area contributed by atoms with Gasteiger partial charge in [-0.3, -0.25) is 14.9 Å². The molecule has 0 heterocycles. The number of nitrogens with one attached hydrogen (secondary N) is 2. The van der Waals surface area contributed by atoms with Crippen molar-refractivity contribution in [3.8, 4) is 0 Å². The minimum Gasteiger partial charge on any atom is -0.349 e. The molecule has 1 saturated carbocycles. The maximum absolute atomic E-state index is 12.9. The first-order valence-electron chi connectivity index (χ1n) is 10.0. The van der Waals surface area contributed by atoms with E-state index in [0.717, 1.165) is 31.2 Å². The molecule has 29 heavy (non-hydrogen) atoms. The summed E-state index contributed by atoms with van der Waals surface area (Å²) in [5, 5.41) is 6.15. The summed E-state index contributed by atoms with van der Waals surface area (Å²) in [5.41, 5.74) is 2.76. The summed E-state index contributed by atoms with van der Waals surface area (Å²) in [4.78, 5) is 27.1. The summed E-state index contributed by atoms with van der Waals surface area (Å²) in [5.74, 6) is -0.373. The van der Waals surface area contributed by atoms with Gasteiger partial charge in [0.2, 0.25) is 0 Å². The van der Waals surface area contributed by atoms with E-state index in [0.29, 0.717) is 16.8 Å². The molecule has 0 radical (unpaired) electrons. The number of carbonyl (C=O) groups is 2. The molecule has 1 aliphatic rings. The molecule has 0 bridgehead atoms. The topological polar surface area (TPSA) is 61.4 Å². The van der Waals surface area contributed by atoms with Crippen molar-refractivity contribution in [1.82, 2.24) is 10.6 Å². The van der Waals surface area contributed by atoms with Crippen molar-refractivity contribution < 1.29 is 9.59 Å². The second-order valence-corrected chi connectivity index (χ2v) is 7.90. The van der Waals surface area contributed by atoms with E-state index >= 15 is 0 Å². The van der Waals surface area contributed by atoms with Gasteiger partial charge in [0.05, 0.1) is 11.3 Å². The van der Waals surface area contributed by atoms with Crippen molar-refractivity contribution in [2.45, 2.75) is 45.1 Å². The van der Waals surface area contributed by atoms with E-state index in [1.54, 1.807) is 24.1 Å². The molecule has 152 valence electrons. The normalized spacial score (nSPS) is 14.1. The molecule has 0 spiro atoms. The molecular weight excluding hydrogens is 382 g/mol. The van der Waals surface area contributed by atoms with Crippen molar-refractivity contribution in [2.24, 2.45) is 0 Å². The average Bonchev–Trinajstić information content (AvgIpc) is 2.73. The summed E-state index contributed by atoms with van der Waals surface area (Å²) in [7, 11) is 1.76. The van der Waals surface area contributed by atoms with Crippen LogP contribution in [0.25, 0.3) is 0 Å². The first-order valence-corrected chi connectivity index (χ1v) is 10.4. The third-order valence-electron chi connectivity index (χ3n) is 5.26. The Hall–Kier alpha value is -2.73. The maximum Gasteiger partial charge on any atom is 0.257 e. The Kier molecular flexibility index (Phi) is 6.99. The van der Waals surface area contributed by atoms with Crippen LogP contribution in [-0.4, -0.2) is 30.0 Å². The number of para-hydroxylation sites is 1. The third-order valence-corrected chi connectivity index (χ3v) is 5.63. The van der Waals surface area contributed by atoms with Crippen molar-refractivity contribution in [3.63, 3.8) is 0 Å². The first-order chi connectivity index (χ1) is 14.0. The number of rotatable bonds is 4. The molecule has 2 aromatic carbocycles. The van der Waals surface area contributed by atoms with Crippen molar-refractivity contribution in [2.75, 3.05) is 11.9 Å². The molecule has 0 saturated heterocycles. The molecule has 3 rings (SSSR count). The van der Waals surface area contributed by atoms with Crippen LogP contribution in [0.2, 0.25) is 0 Å². The van der Waals surface area contributed by atoms with Gasteiger partial charge in [-0.15, -0.1) is 0 Å². The number of amides is 2. The van der Waals surface area contributed by atoms with Gasteiger partial charge in [0.15, 0.2) is 5.11 Å². The summed E-state index contributed by atoms with van der Waals surface area (Å²) in [6, 6.07) is 14.9. The van der Waals surface area contributed by atoms with Gasteiger partial charge in [-0.1, -0.05) is 49.1 Å². The number of nitrogens with zero attached hydrogens (tertiary/aromatic N) is 1. The fourth-order valence-corrected chi connectivity index (χ4v) is 3.81. The number of hydrogen-bond donors (Lipinski definition) is 2. The van der Waals surface area contributed by atoms with Gasteiger partial charge in [-0.2, -0.15) is 0 Å². The fraction of sp³-hybridized carbons (Fsp3) is 0.348. The average molecular weight is 410 g/mol. The molecule has 5 nitrogen and oxygen atoms in total. The zero-order chi connectivity index (χ0) is 20.8. The van der Waals surface area contributed by atoms with Gasteiger partial charge < -0.3 is 10.2 Å². The minimum absolute atomic E-state index is 0.104. The molecular formula is C23H27N3O2S. The van der Waals surface area contributed by atoms with Crippen molar-refractivity contribution >= 4 is 34.8 Å². The molecule has 0 aliphatic heterocycles. The van der Waals surface area contributed by atoms with Gasteiger partial charge in [-0.25, -0.2) is 0 Å². The molecule has 2 N–H and O–H groups in total. The molecule has 1 aliphatic carbocycles. The lowest BCUT2D eigenvalue weighted by Gasteiger charge is -2.26. The lowest BCUT2D eigenvalue weighted by atomic mass is 9.95. The van der Waals surface area contributed by atoms with Crippen LogP contribution >= 0.6 is 12.2 Å². The minimum atomic E-state index is -0.269. The van der Waals surface area contributed by atoms with E-state index in [4.69, 9.17) is 12.2 Å². The standard InChI is InChI=1S/C23H27N3O2S/c1-16-9-8-10-17(15-16)21(27)25-23(29)26(2)20-14-7-6-13-19(20)22(28)24-18-11-4-3-5-12-18/h6-10,13-15,18H,3-5,11-12H2,1-2H3,(H,24,28)(H,25,27,29). The Balaban J connectivity index is 1.71. The van der Waals surface area contributed by atoms with E-state index in [1.165, 1.54) is 6.42 Å². The molecule has 0 aromatic heterocycles. The van der Waals surface area contributed by atoms with Gasteiger partial charge in [0.1, 0.15) is 0 Å². The van der Waals surface area contributed by atoms with Crippen LogP contribution in [-0.2, 0) is 0 Å². The number of carbonyl (C=O) groups excluding carboxylic acids is 2. The van der Waals surface area contributed by atoms with Crippen LogP contribution in [0, 0.1) is 6.92 Å². The Morgan fingerprint density at radius 3 is 2.45 bits per heavy atom. The number of aryl methyl sites for hydroxylation is 1. The quantitative estimate of drug-likeness (QED) is 0.743. The fourth-order valence-electron chi connectivity index (χ4n) is 3.62. The molecule has 0 unspecified atom stereocenters. The highest BCUT2D eigenvalue weighted by molar-refractivity contribution is 7.80. The van der Waals surface area contributed by atoms with Crippen molar-refractivity contribution in [1.29, 1.82) is 0 Å². The Bertz CT molecular complexity index is 907. The summed E-state index contributed by atoms with van der Waals surface area (Å²) >= 11 is 5.44. The van der Waals surface area contributed by atoms with Crippen LogP contribution in [0.3, 0.4) is 0 Å². The predicted octanol–water partition coefficient (Wildman–Crippen LogP) is 4.21. The number of anilines is 1. The smallest absolute Gasteiger partial charge is 0.257 e. The molecule has 0 atom stereocenters. The second kappa shape index (κ2) is 9.65. The van der Waals surface area contributed by atoms with Crippen LogP contribution in [0.15, 0.2) is 48.5 Å². The lowest BCUT2D eigenvalue weighted by Crippen LogP contribution is -2.42. The summed E-state index contributed by atoms with van der Waals surface area (Å²) in [6.07, 6.45) is 5.59. The predicted molar refractivity (Wildman–Crippen MR) is 120 cm³/mol. The number of benzene rings is 2. The van der Waals surface area contributed by atoms with E-state index in [9.17, 15) is 9.59 Å². The van der Waals surface area contributed by atoms with E-state index in [2.05, 4.69) is 10.6 Å². The highest BCUT2D eigenvalue weighted by Gasteiger charge is 2.21. The zero-order valence-electron chi connectivity index (χ0n) is 16.9. The van der Waals surface area contributed by atoms with E-state index < -0.39 is 0 Å². The third kappa shape index (κ3) is 5.41.